The van der Waals surface area contributed by atoms with Gasteiger partial charge in [0, 0.05) is 30.1 Å². The molecule has 1 saturated heterocycles. The van der Waals surface area contributed by atoms with E-state index in [-0.39, 0.29) is 23.0 Å². The van der Waals surface area contributed by atoms with Gasteiger partial charge in [-0.05, 0) is 65.1 Å². The molecule has 2 aliphatic heterocycles. The first kappa shape index (κ1) is 21.4. The average Bonchev–Trinajstić information content (AvgIpc) is 3.52. The summed E-state index contributed by atoms with van der Waals surface area (Å²) in [6, 6.07) is 17.7. The van der Waals surface area contributed by atoms with Gasteiger partial charge < -0.3 is 15.3 Å². The van der Waals surface area contributed by atoms with Gasteiger partial charge >= 0.3 is 0 Å². The van der Waals surface area contributed by atoms with Crippen LogP contribution in [0.15, 0.2) is 80.9 Å². The van der Waals surface area contributed by atoms with Gasteiger partial charge in [-0.25, -0.2) is 0 Å². The van der Waals surface area contributed by atoms with Crippen molar-refractivity contribution in [1.82, 2.24) is 5.32 Å². The summed E-state index contributed by atoms with van der Waals surface area (Å²) in [5.41, 5.74) is 2.32. The topological polar surface area (TPSA) is 52.6 Å². The molecule has 1 atom stereocenters. The molecule has 7 heteroatoms. The Morgan fingerprint density at radius 2 is 1.78 bits per heavy atom. The lowest BCUT2D eigenvalue weighted by Crippen LogP contribution is -2.50. The maximum atomic E-state index is 13.3. The highest BCUT2D eigenvalue weighted by Gasteiger charge is 2.43. The molecule has 5 rings (SSSR count). The molecule has 0 spiro atoms. The minimum atomic E-state index is -0.810. The Labute approximate surface area is 200 Å². The molecule has 1 aromatic heterocycles. The van der Waals surface area contributed by atoms with Gasteiger partial charge in [-0.3, -0.25) is 4.79 Å². The molecule has 32 heavy (non-hydrogen) atoms. The maximum absolute atomic E-state index is 13.3. The van der Waals surface area contributed by atoms with Crippen LogP contribution in [-0.2, 0) is 10.3 Å². The standard InChI is InChI=1S/C25H23ClN2O2S2/c26-20-5-1-2-6-22(20)32-23-21(29)15-25(27-24(23)30,18-11-14-31-16-18)17-7-9-19(10-8-17)28-12-3-4-13-28/h1-2,5-11,14,16,29H,3-4,12-13,15H2,(H,27,30). The molecule has 1 fully saturated rings. The summed E-state index contributed by atoms with van der Waals surface area (Å²) in [7, 11) is 0. The normalized spacial score (nSPS) is 21.2. The SMILES string of the molecule is O=C1NC(c2ccc(N3CCCC3)cc2)(c2ccsc2)CC(O)=C1Sc1ccccc1Cl. The highest BCUT2D eigenvalue weighted by molar-refractivity contribution is 8.04. The van der Waals surface area contributed by atoms with E-state index < -0.39 is 5.54 Å². The van der Waals surface area contributed by atoms with Crippen LogP contribution < -0.4 is 10.2 Å². The number of carbonyl (C=O) groups is 1. The van der Waals surface area contributed by atoms with E-state index in [0.717, 1.165) is 29.1 Å². The molecule has 2 aromatic carbocycles. The Balaban J connectivity index is 1.51. The Kier molecular flexibility index (Phi) is 5.93. The van der Waals surface area contributed by atoms with Crippen LogP contribution in [0, 0.1) is 0 Å². The van der Waals surface area contributed by atoms with Crippen molar-refractivity contribution >= 4 is 46.3 Å². The van der Waals surface area contributed by atoms with Gasteiger partial charge in [0.15, 0.2) is 0 Å². The molecule has 0 radical (unpaired) electrons. The summed E-state index contributed by atoms with van der Waals surface area (Å²) < 4.78 is 0. The molecule has 4 nitrogen and oxygen atoms in total. The van der Waals surface area contributed by atoms with Crippen LogP contribution in [0.3, 0.4) is 0 Å². The molecule has 0 bridgehead atoms. The molecule has 1 unspecified atom stereocenters. The summed E-state index contributed by atoms with van der Waals surface area (Å²) in [5, 5.41) is 18.9. The Morgan fingerprint density at radius 1 is 1.03 bits per heavy atom. The van der Waals surface area contributed by atoms with E-state index in [4.69, 9.17) is 11.6 Å². The van der Waals surface area contributed by atoms with Crippen LogP contribution in [0.25, 0.3) is 0 Å². The van der Waals surface area contributed by atoms with E-state index >= 15 is 0 Å². The van der Waals surface area contributed by atoms with Crippen molar-refractivity contribution < 1.29 is 9.90 Å². The number of hydrogen-bond acceptors (Lipinski definition) is 5. The zero-order chi connectivity index (χ0) is 22.1. The number of hydrogen-bond donors (Lipinski definition) is 2. The van der Waals surface area contributed by atoms with Crippen molar-refractivity contribution in [3.8, 4) is 0 Å². The molecule has 0 aliphatic carbocycles. The fourth-order valence-electron chi connectivity index (χ4n) is 4.45. The predicted molar refractivity (Wildman–Crippen MR) is 133 cm³/mol. The molecule has 0 saturated carbocycles. The van der Waals surface area contributed by atoms with E-state index in [1.807, 2.05) is 35.0 Å². The van der Waals surface area contributed by atoms with Crippen LogP contribution in [-0.4, -0.2) is 24.1 Å². The molecular formula is C25H23ClN2O2S2. The number of rotatable bonds is 5. The first-order chi connectivity index (χ1) is 15.6. The third-order valence-corrected chi connectivity index (χ3v) is 8.45. The van der Waals surface area contributed by atoms with Crippen molar-refractivity contribution in [2.75, 3.05) is 18.0 Å². The lowest BCUT2D eigenvalue weighted by atomic mass is 9.79. The molecule has 1 amide bonds. The van der Waals surface area contributed by atoms with E-state index in [1.54, 1.807) is 17.4 Å². The molecule has 2 aliphatic rings. The number of anilines is 1. The van der Waals surface area contributed by atoms with Gasteiger partial charge in [-0.2, -0.15) is 11.3 Å². The first-order valence-electron chi connectivity index (χ1n) is 10.6. The van der Waals surface area contributed by atoms with Gasteiger partial charge in [0.2, 0.25) is 0 Å². The van der Waals surface area contributed by atoms with Crippen LogP contribution in [0.5, 0.6) is 0 Å². The van der Waals surface area contributed by atoms with Gasteiger partial charge in [0.05, 0.1) is 10.6 Å². The second-order valence-electron chi connectivity index (χ2n) is 8.10. The average molecular weight is 483 g/mol. The second-order valence-corrected chi connectivity index (χ2v) is 10.3. The number of benzene rings is 2. The third-order valence-electron chi connectivity index (χ3n) is 6.12. The number of thiophene rings is 1. The van der Waals surface area contributed by atoms with Crippen LogP contribution in [0.4, 0.5) is 5.69 Å². The van der Waals surface area contributed by atoms with Crippen LogP contribution in [0.2, 0.25) is 5.02 Å². The molecule has 3 aromatic rings. The second kappa shape index (κ2) is 8.85. The Bertz CT molecular complexity index is 1150. The molecule has 2 N–H and O–H groups in total. The van der Waals surface area contributed by atoms with Gasteiger partial charge in [-0.1, -0.05) is 47.6 Å². The quantitative estimate of drug-likeness (QED) is 0.446. The smallest absolute Gasteiger partial charge is 0.262 e. The number of nitrogens with zero attached hydrogens (tertiary/aromatic N) is 1. The highest BCUT2D eigenvalue weighted by Crippen LogP contribution is 2.44. The van der Waals surface area contributed by atoms with Crippen LogP contribution >= 0.6 is 34.7 Å². The van der Waals surface area contributed by atoms with Gasteiger partial charge in [-0.15, -0.1) is 0 Å². The number of nitrogens with one attached hydrogen (secondary N) is 1. The van der Waals surface area contributed by atoms with Gasteiger partial charge in [0.25, 0.3) is 5.91 Å². The summed E-state index contributed by atoms with van der Waals surface area (Å²) in [4.78, 5) is 16.7. The molecule has 164 valence electrons. The summed E-state index contributed by atoms with van der Waals surface area (Å²) in [6.45, 7) is 2.16. The highest BCUT2D eigenvalue weighted by atomic mass is 35.5. The minimum Gasteiger partial charge on any atom is -0.511 e. The predicted octanol–water partition coefficient (Wildman–Crippen LogP) is 6.33. The molecule has 3 heterocycles. The van der Waals surface area contributed by atoms with Crippen molar-refractivity contribution in [3.05, 3.63) is 92.2 Å². The van der Waals surface area contributed by atoms with E-state index in [1.165, 1.54) is 30.3 Å². The van der Waals surface area contributed by atoms with Crippen molar-refractivity contribution in [1.29, 1.82) is 0 Å². The first-order valence-corrected chi connectivity index (χ1v) is 12.8. The summed E-state index contributed by atoms with van der Waals surface area (Å²) in [5.74, 6) is -0.220. The van der Waals surface area contributed by atoms with Gasteiger partial charge in [0.1, 0.15) is 10.7 Å². The number of halogens is 1. The monoisotopic (exact) mass is 482 g/mol. The number of thioether (sulfide) groups is 1. The van der Waals surface area contributed by atoms with E-state index in [9.17, 15) is 9.90 Å². The number of aliphatic hydroxyl groups excluding tert-OH is 1. The fraction of sp³-hybridized carbons (Fsp3) is 0.240. The van der Waals surface area contributed by atoms with Crippen molar-refractivity contribution in [2.45, 2.75) is 29.7 Å². The summed E-state index contributed by atoms with van der Waals surface area (Å²) in [6.07, 6.45) is 2.73. The Hall–Kier alpha value is -2.41. The zero-order valence-electron chi connectivity index (χ0n) is 17.4. The summed E-state index contributed by atoms with van der Waals surface area (Å²) >= 11 is 9.06. The minimum absolute atomic E-state index is 0.0773. The van der Waals surface area contributed by atoms with E-state index in [0.29, 0.717) is 5.02 Å². The largest absolute Gasteiger partial charge is 0.511 e. The number of amides is 1. The van der Waals surface area contributed by atoms with Crippen molar-refractivity contribution in [2.24, 2.45) is 0 Å². The number of carbonyl (C=O) groups excluding carboxylic acids is 1. The number of aliphatic hydroxyl groups is 1. The maximum Gasteiger partial charge on any atom is 0.262 e. The van der Waals surface area contributed by atoms with Crippen LogP contribution in [0.1, 0.15) is 30.4 Å². The zero-order valence-corrected chi connectivity index (χ0v) is 19.8. The Morgan fingerprint density at radius 3 is 2.44 bits per heavy atom. The van der Waals surface area contributed by atoms with E-state index in [2.05, 4.69) is 34.5 Å². The lowest BCUT2D eigenvalue weighted by Gasteiger charge is -2.39. The fourth-order valence-corrected chi connectivity index (χ4v) is 6.30. The van der Waals surface area contributed by atoms with Crippen molar-refractivity contribution in [3.63, 3.8) is 0 Å². The third kappa shape index (κ3) is 3.91. The lowest BCUT2D eigenvalue weighted by molar-refractivity contribution is -0.119. The molecular weight excluding hydrogens is 460 g/mol.